The highest BCUT2D eigenvalue weighted by Gasteiger charge is 2.20. The largest absolute Gasteiger partial charge is 0.333 e. The van der Waals surface area contributed by atoms with Gasteiger partial charge in [0.1, 0.15) is 0 Å². The van der Waals surface area contributed by atoms with Crippen LogP contribution in [0, 0.1) is 0 Å². The summed E-state index contributed by atoms with van der Waals surface area (Å²) in [7, 11) is 0. The maximum absolute atomic E-state index is 11.8. The molecule has 1 heterocycles. The highest BCUT2D eigenvalue weighted by molar-refractivity contribution is 7.99. The molecule has 1 N–H and O–H groups in total. The number of carbonyl (C=O) groups is 1. The third kappa shape index (κ3) is 4.22. The third-order valence-corrected chi connectivity index (χ3v) is 3.04. The van der Waals surface area contributed by atoms with Crippen LogP contribution in [0.15, 0.2) is 0 Å². The molecule has 0 aliphatic carbocycles. The van der Waals surface area contributed by atoms with Crippen molar-refractivity contribution in [2.75, 3.05) is 24.6 Å². The van der Waals surface area contributed by atoms with Crippen LogP contribution in [0.4, 0.5) is 4.79 Å². The first kappa shape index (κ1) is 11.7. The van der Waals surface area contributed by atoms with Gasteiger partial charge in [-0.1, -0.05) is 0 Å². The van der Waals surface area contributed by atoms with E-state index in [0.717, 1.165) is 25.3 Å². The first-order chi connectivity index (χ1) is 6.49. The third-order valence-electron chi connectivity index (χ3n) is 1.99. The van der Waals surface area contributed by atoms with Gasteiger partial charge in [0.15, 0.2) is 0 Å². The lowest BCUT2D eigenvalue weighted by Gasteiger charge is -2.27. The van der Waals surface area contributed by atoms with Gasteiger partial charge in [-0.2, -0.15) is 11.8 Å². The van der Waals surface area contributed by atoms with Crippen molar-refractivity contribution in [2.24, 2.45) is 0 Å². The summed E-state index contributed by atoms with van der Waals surface area (Å²) in [6, 6.07) is 0.0833. The standard InChI is InChI=1S/C10H20N2OS/c1-10(2,3)11-9(13)12-5-4-7-14-8-6-12/h4-8H2,1-3H3,(H,11,13). The Labute approximate surface area is 90.6 Å². The Balaban J connectivity index is 2.42. The van der Waals surface area contributed by atoms with Gasteiger partial charge in [0, 0.05) is 24.4 Å². The van der Waals surface area contributed by atoms with Crippen LogP contribution in [-0.4, -0.2) is 41.1 Å². The van der Waals surface area contributed by atoms with E-state index >= 15 is 0 Å². The Morgan fingerprint density at radius 2 is 2.00 bits per heavy atom. The van der Waals surface area contributed by atoms with Crippen molar-refractivity contribution in [2.45, 2.75) is 32.7 Å². The number of rotatable bonds is 0. The maximum atomic E-state index is 11.8. The number of thioether (sulfide) groups is 1. The number of amides is 2. The Bertz CT molecular complexity index is 193. The molecule has 2 amide bonds. The molecule has 1 aliphatic rings. The van der Waals surface area contributed by atoms with Gasteiger partial charge in [0.05, 0.1) is 0 Å². The topological polar surface area (TPSA) is 32.3 Å². The Hall–Kier alpha value is -0.380. The van der Waals surface area contributed by atoms with Crippen molar-refractivity contribution in [1.29, 1.82) is 0 Å². The molecule has 4 heteroatoms. The zero-order valence-electron chi connectivity index (χ0n) is 9.30. The van der Waals surface area contributed by atoms with Gasteiger partial charge in [-0.3, -0.25) is 0 Å². The summed E-state index contributed by atoms with van der Waals surface area (Å²) in [6.45, 7) is 7.81. The van der Waals surface area contributed by atoms with Crippen molar-refractivity contribution in [3.8, 4) is 0 Å². The summed E-state index contributed by atoms with van der Waals surface area (Å²) < 4.78 is 0. The molecule has 1 rings (SSSR count). The van der Waals surface area contributed by atoms with Crippen LogP contribution in [0.3, 0.4) is 0 Å². The molecular weight excluding hydrogens is 196 g/mol. The van der Waals surface area contributed by atoms with E-state index < -0.39 is 0 Å². The van der Waals surface area contributed by atoms with Gasteiger partial charge in [-0.25, -0.2) is 4.79 Å². The molecule has 82 valence electrons. The first-order valence-electron chi connectivity index (χ1n) is 5.14. The molecule has 0 spiro atoms. The molecule has 3 nitrogen and oxygen atoms in total. The second-order valence-electron chi connectivity index (χ2n) is 4.63. The molecule has 0 aromatic carbocycles. The summed E-state index contributed by atoms with van der Waals surface area (Å²) >= 11 is 1.93. The van der Waals surface area contributed by atoms with Gasteiger partial charge in [-0.05, 0) is 32.9 Å². The monoisotopic (exact) mass is 216 g/mol. The number of hydrogen-bond acceptors (Lipinski definition) is 2. The Kier molecular flexibility index (Phi) is 4.11. The molecule has 14 heavy (non-hydrogen) atoms. The van der Waals surface area contributed by atoms with Crippen LogP contribution in [0.2, 0.25) is 0 Å². The van der Waals surface area contributed by atoms with Crippen LogP contribution < -0.4 is 5.32 Å². The minimum atomic E-state index is -0.128. The molecule has 0 unspecified atom stereocenters. The van der Waals surface area contributed by atoms with Gasteiger partial charge >= 0.3 is 6.03 Å². The van der Waals surface area contributed by atoms with Gasteiger partial charge < -0.3 is 10.2 Å². The molecule has 1 aliphatic heterocycles. The molecule has 0 aromatic rings. The zero-order valence-corrected chi connectivity index (χ0v) is 10.1. The smallest absolute Gasteiger partial charge is 0.317 e. The lowest BCUT2D eigenvalue weighted by Crippen LogP contribution is -2.49. The minimum absolute atomic E-state index is 0.0833. The zero-order chi connectivity index (χ0) is 10.6. The van der Waals surface area contributed by atoms with E-state index in [2.05, 4.69) is 5.32 Å². The van der Waals surface area contributed by atoms with Crippen molar-refractivity contribution >= 4 is 17.8 Å². The van der Waals surface area contributed by atoms with E-state index in [1.807, 2.05) is 37.4 Å². The fraction of sp³-hybridized carbons (Fsp3) is 0.900. The first-order valence-corrected chi connectivity index (χ1v) is 6.29. The molecule has 1 saturated heterocycles. The number of hydrogen-bond donors (Lipinski definition) is 1. The number of nitrogens with one attached hydrogen (secondary N) is 1. The van der Waals surface area contributed by atoms with Crippen molar-refractivity contribution in [1.82, 2.24) is 10.2 Å². The Morgan fingerprint density at radius 3 is 2.64 bits per heavy atom. The van der Waals surface area contributed by atoms with Crippen LogP contribution in [0.1, 0.15) is 27.2 Å². The second-order valence-corrected chi connectivity index (χ2v) is 5.86. The fourth-order valence-corrected chi connectivity index (χ4v) is 2.24. The molecular formula is C10H20N2OS. The summed E-state index contributed by atoms with van der Waals surface area (Å²) in [5, 5.41) is 2.99. The van der Waals surface area contributed by atoms with Crippen LogP contribution in [0.25, 0.3) is 0 Å². The average molecular weight is 216 g/mol. The molecule has 0 bridgehead atoms. The van der Waals surface area contributed by atoms with Crippen LogP contribution >= 0.6 is 11.8 Å². The maximum Gasteiger partial charge on any atom is 0.317 e. The lowest BCUT2D eigenvalue weighted by atomic mass is 10.1. The lowest BCUT2D eigenvalue weighted by molar-refractivity contribution is 0.192. The molecule has 0 aromatic heterocycles. The predicted octanol–water partition coefficient (Wildman–Crippen LogP) is 1.93. The van der Waals surface area contributed by atoms with Gasteiger partial charge in [0.25, 0.3) is 0 Å². The van der Waals surface area contributed by atoms with Crippen LogP contribution in [0.5, 0.6) is 0 Å². The molecule has 0 radical (unpaired) electrons. The van der Waals surface area contributed by atoms with E-state index in [0.29, 0.717) is 0 Å². The highest BCUT2D eigenvalue weighted by Crippen LogP contribution is 2.10. The Morgan fingerprint density at radius 1 is 1.29 bits per heavy atom. The summed E-state index contributed by atoms with van der Waals surface area (Å²) in [4.78, 5) is 13.7. The normalized spacial score (nSPS) is 18.9. The van der Waals surface area contributed by atoms with E-state index in [1.54, 1.807) is 0 Å². The van der Waals surface area contributed by atoms with E-state index in [4.69, 9.17) is 0 Å². The second kappa shape index (κ2) is 4.91. The van der Waals surface area contributed by atoms with Gasteiger partial charge in [0.2, 0.25) is 0 Å². The number of carbonyl (C=O) groups excluding carboxylic acids is 1. The van der Waals surface area contributed by atoms with E-state index in [9.17, 15) is 4.79 Å². The molecule has 0 saturated carbocycles. The van der Waals surface area contributed by atoms with Crippen molar-refractivity contribution < 1.29 is 4.79 Å². The fourth-order valence-electron chi connectivity index (χ4n) is 1.35. The summed E-state index contributed by atoms with van der Waals surface area (Å²) in [6.07, 6.45) is 1.11. The average Bonchev–Trinajstić information content (AvgIpc) is 2.27. The van der Waals surface area contributed by atoms with E-state index in [1.165, 1.54) is 5.75 Å². The number of nitrogens with zero attached hydrogens (tertiary/aromatic N) is 1. The summed E-state index contributed by atoms with van der Waals surface area (Å²) in [5.74, 6) is 2.25. The van der Waals surface area contributed by atoms with Gasteiger partial charge in [-0.15, -0.1) is 0 Å². The minimum Gasteiger partial charge on any atom is -0.333 e. The highest BCUT2D eigenvalue weighted by atomic mass is 32.2. The number of urea groups is 1. The SMILES string of the molecule is CC(C)(C)NC(=O)N1CCCSCC1. The predicted molar refractivity (Wildman–Crippen MR) is 61.8 cm³/mol. The molecule has 1 fully saturated rings. The van der Waals surface area contributed by atoms with Crippen molar-refractivity contribution in [3.05, 3.63) is 0 Å². The quantitative estimate of drug-likeness (QED) is 0.671. The molecule has 0 atom stereocenters. The van der Waals surface area contributed by atoms with E-state index in [-0.39, 0.29) is 11.6 Å². The van der Waals surface area contributed by atoms with Crippen LogP contribution in [-0.2, 0) is 0 Å². The van der Waals surface area contributed by atoms with Crippen molar-refractivity contribution in [3.63, 3.8) is 0 Å². The summed E-state index contributed by atoms with van der Waals surface area (Å²) in [5.41, 5.74) is -0.128.